The summed E-state index contributed by atoms with van der Waals surface area (Å²) < 4.78 is 5.49. The molecule has 0 amide bonds. The van der Waals surface area contributed by atoms with Crippen LogP contribution in [0.4, 0.5) is 0 Å². The molecule has 0 spiro atoms. The molecule has 0 saturated heterocycles. The van der Waals surface area contributed by atoms with E-state index in [4.69, 9.17) is 4.74 Å². The van der Waals surface area contributed by atoms with E-state index in [9.17, 15) is 10.1 Å². The van der Waals surface area contributed by atoms with Crippen LogP contribution in [-0.4, -0.2) is 11.6 Å². The molecule has 0 aliphatic rings. The van der Waals surface area contributed by atoms with Crippen LogP contribution in [0.1, 0.15) is 63.6 Å². The second kappa shape index (κ2) is 8.71. The van der Waals surface area contributed by atoms with Crippen molar-refractivity contribution in [2.45, 2.75) is 59.0 Å². The third-order valence-corrected chi connectivity index (χ3v) is 5.14. The predicted molar refractivity (Wildman–Crippen MR) is 122 cm³/mol. The van der Waals surface area contributed by atoms with Gasteiger partial charge in [0.15, 0.2) is 0 Å². The molecule has 0 bridgehead atoms. The second-order valence-corrected chi connectivity index (χ2v) is 8.94. The molecule has 30 heavy (non-hydrogen) atoms. The van der Waals surface area contributed by atoms with Gasteiger partial charge in [-0.15, -0.1) is 0 Å². The van der Waals surface area contributed by atoms with Crippen LogP contribution < -0.4 is 0 Å². The molecule has 0 saturated carbocycles. The van der Waals surface area contributed by atoms with Gasteiger partial charge in [-0.1, -0.05) is 62.4 Å². The van der Waals surface area contributed by atoms with Crippen molar-refractivity contribution in [1.29, 1.82) is 5.26 Å². The quantitative estimate of drug-likeness (QED) is 0.445. The number of nitrogens with zero attached hydrogens (tertiary/aromatic N) is 1. The molecule has 0 radical (unpaired) electrons. The van der Waals surface area contributed by atoms with Crippen molar-refractivity contribution in [3.63, 3.8) is 0 Å². The molecule has 0 heterocycles. The highest BCUT2D eigenvalue weighted by Gasteiger charge is 2.20. The Bertz CT molecular complexity index is 1110. The van der Waals surface area contributed by atoms with E-state index < -0.39 is 5.60 Å². The van der Waals surface area contributed by atoms with Gasteiger partial charge in [0.1, 0.15) is 11.7 Å². The fourth-order valence-electron chi connectivity index (χ4n) is 3.89. The van der Waals surface area contributed by atoms with Crippen molar-refractivity contribution < 1.29 is 9.53 Å². The van der Waals surface area contributed by atoms with Crippen LogP contribution in [0.15, 0.2) is 54.6 Å². The lowest BCUT2D eigenvalue weighted by Gasteiger charge is -2.20. The van der Waals surface area contributed by atoms with Gasteiger partial charge < -0.3 is 4.74 Å². The van der Waals surface area contributed by atoms with E-state index in [-0.39, 0.29) is 12.4 Å². The lowest BCUT2D eigenvalue weighted by Crippen LogP contribution is -2.24. The smallest absolute Gasteiger partial charge is 0.306 e. The summed E-state index contributed by atoms with van der Waals surface area (Å²) in [6.45, 7) is 9.92. The Morgan fingerprint density at radius 1 is 1.03 bits per heavy atom. The summed E-state index contributed by atoms with van der Waals surface area (Å²) in [5.41, 5.74) is 4.26. The third-order valence-electron chi connectivity index (χ3n) is 5.14. The van der Waals surface area contributed by atoms with Crippen molar-refractivity contribution in [2.75, 3.05) is 0 Å². The predicted octanol–water partition coefficient (Wildman–Crippen LogP) is 6.78. The van der Waals surface area contributed by atoms with Crippen LogP contribution >= 0.6 is 0 Å². The van der Waals surface area contributed by atoms with Gasteiger partial charge in [-0.05, 0) is 66.6 Å². The first-order valence-electron chi connectivity index (χ1n) is 10.5. The number of aryl methyl sites for hydroxylation is 1. The molecule has 0 atom stereocenters. The number of esters is 1. The molecule has 0 aliphatic carbocycles. The van der Waals surface area contributed by atoms with Crippen molar-refractivity contribution in [1.82, 2.24) is 0 Å². The fourth-order valence-corrected chi connectivity index (χ4v) is 3.89. The van der Waals surface area contributed by atoms with Gasteiger partial charge in [0.25, 0.3) is 0 Å². The maximum atomic E-state index is 12.4. The molecule has 3 nitrogen and oxygen atoms in total. The molecule has 0 N–H and O–H groups in total. The summed E-state index contributed by atoms with van der Waals surface area (Å²) >= 11 is 0. The number of rotatable bonds is 5. The number of carbonyl (C=O) groups excluding carboxylic acids is 1. The largest absolute Gasteiger partial charge is 0.460 e. The van der Waals surface area contributed by atoms with E-state index in [1.54, 1.807) is 0 Å². The Morgan fingerprint density at radius 2 is 1.70 bits per heavy atom. The van der Waals surface area contributed by atoms with Crippen molar-refractivity contribution in [3.8, 4) is 17.2 Å². The van der Waals surface area contributed by atoms with E-state index in [2.05, 4.69) is 44.2 Å². The van der Waals surface area contributed by atoms with Gasteiger partial charge in [0.2, 0.25) is 0 Å². The van der Waals surface area contributed by atoms with Gasteiger partial charge >= 0.3 is 5.97 Å². The molecule has 0 aliphatic heterocycles. The Hall–Kier alpha value is -3.12. The number of nitriles is 1. The zero-order chi connectivity index (χ0) is 21.9. The molecule has 0 aromatic heterocycles. The molecular formula is C27H29NO2. The highest BCUT2D eigenvalue weighted by molar-refractivity contribution is 5.94. The maximum Gasteiger partial charge on any atom is 0.306 e. The van der Waals surface area contributed by atoms with Crippen LogP contribution in [0.25, 0.3) is 21.9 Å². The number of hydrogen-bond donors (Lipinski definition) is 0. The number of hydrogen-bond acceptors (Lipinski definition) is 3. The molecule has 3 rings (SSSR count). The topological polar surface area (TPSA) is 50.1 Å². The molecule has 0 fully saturated rings. The van der Waals surface area contributed by atoms with Gasteiger partial charge in [-0.25, -0.2) is 0 Å². The summed E-state index contributed by atoms with van der Waals surface area (Å²) in [5, 5.41) is 12.2. The zero-order valence-corrected chi connectivity index (χ0v) is 18.5. The molecule has 3 heteroatoms. The van der Waals surface area contributed by atoms with Crippen molar-refractivity contribution in [2.24, 2.45) is 0 Å². The minimum Gasteiger partial charge on any atom is -0.460 e. The number of fused-ring (bicyclic) bond motifs is 1. The highest BCUT2D eigenvalue weighted by atomic mass is 16.6. The summed E-state index contributed by atoms with van der Waals surface area (Å²) in [7, 11) is 0. The lowest BCUT2D eigenvalue weighted by atomic mass is 9.85. The Labute approximate surface area is 179 Å². The lowest BCUT2D eigenvalue weighted by molar-refractivity contribution is -0.154. The first-order chi connectivity index (χ1) is 14.2. The first-order valence-corrected chi connectivity index (χ1v) is 10.5. The van der Waals surface area contributed by atoms with Crippen LogP contribution in [0.3, 0.4) is 0 Å². The van der Waals surface area contributed by atoms with E-state index >= 15 is 0 Å². The number of carbonyl (C=O) groups is 1. The molecular weight excluding hydrogens is 370 g/mol. The average molecular weight is 400 g/mol. The zero-order valence-electron chi connectivity index (χ0n) is 18.5. The average Bonchev–Trinajstić information content (AvgIpc) is 2.69. The molecule has 0 unspecified atom stereocenters. The van der Waals surface area contributed by atoms with Gasteiger partial charge in [0, 0.05) is 12.0 Å². The summed E-state index contributed by atoms with van der Waals surface area (Å²) in [6, 6.07) is 20.9. The van der Waals surface area contributed by atoms with E-state index in [0.717, 1.165) is 27.5 Å². The summed E-state index contributed by atoms with van der Waals surface area (Å²) in [4.78, 5) is 12.4. The van der Waals surface area contributed by atoms with Crippen molar-refractivity contribution in [3.05, 3.63) is 71.3 Å². The van der Waals surface area contributed by atoms with Crippen LogP contribution in [0.5, 0.6) is 0 Å². The highest BCUT2D eigenvalue weighted by Crippen LogP contribution is 2.37. The van der Waals surface area contributed by atoms with Crippen LogP contribution in [-0.2, 0) is 16.0 Å². The van der Waals surface area contributed by atoms with Gasteiger partial charge in [0.05, 0.1) is 5.56 Å². The fraction of sp³-hybridized carbons (Fsp3) is 0.333. The minimum absolute atomic E-state index is 0.241. The van der Waals surface area contributed by atoms with Gasteiger partial charge in [-0.2, -0.15) is 5.26 Å². The monoisotopic (exact) mass is 399 g/mol. The van der Waals surface area contributed by atoms with E-state index in [1.165, 1.54) is 5.56 Å². The molecule has 3 aromatic rings. The van der Waals surface area contributed by atoms with E-state index in [1.807, 2.05) is 51.1 Å². The summed E-state index contributed by atoms with van der Waals surface area (Å²) in [5.74, 6) is 0.0906. The Balaban J connectivity index is 2.15. The normalized spacial score (nSPS) is 11.5. The van der Waals surface area contributed by atoms with Crippen LogP contribution in [0.2, 0.25) is 0 Å². The minimum atomic E-state index is -0.519. The standard InChI is InChI=1S/C27H29NO2/c1-18(2)20-11-8-9-13-22(20)24-16-19-10-6-7-12-21(19)23(25(24)17-28)14-15-26(29)30-27(3,4)5/h6-13,16,18H,14-15H2,1-5H3. The number of benzene rings is 3. The maximum absolute atomic E-state index is 12.4. The van der Waals surface area contributed by atoms with Crippen molar-refractivity contribution >= 4 is 16.7 Å². The summed E-state index contributed by atoms with van der Waals surface area (Å²) in [6.07, 6.45) is 0.710. The van der Waals surface area contributed by atoms with Crippen LogP contribution in [0, 0.1) is 11.3 Å². The van der Waals surface area contributed by atoms with Gasteiger partial charge in [-0.3, -0.25) is 4.79 Å². The molecule has 3 aromatic carbocycles. The SMILES string of the molecule is CC(C)c1ccccc1-c1cc2ccccc2c(CCC(=O)OC(C)(C)C)c1C#N. The third kappa shape index (κ3) is 4.71. The number of ether oxygens (including phenoxy) is 1. The first kappa shape index (κ1) is 21.6. The Morgan fingerprint density at radius 3 is 2.37 bits per heavy atom. The molecule has 154 valence electrons. The van der Waals surface area contributed by atoms with E-state index in [0.29, 0.717) is 17.9 Å². The second-order valence-electron chi connectivity index (χ2n) is 8.94. The Kier molecular flexibility index (Phi) is 6.27.